The summed E-state index contributed by atoms with van der Waals surface area (Å²) >= 11 is 1.35. The van der Waals surface area contributed by atoms with Crippen molar-refractivity contribution in [2.75, 3.05) is 32.0 Å². The molecule has 1 aliphatic heterocycles. The third kappa shape index (κ3) is 3.41. The molecule has 0 aliphatic carbocycles. The summed E-state index contributed by atoms with van der Waals surface area (Å²) in [4.78, 5) is 17.0. The molecule has 5 nitrogen and oxygen atoms in total. The van der Waals surface area contributed by atoms with Crippen LogP contribution in [0.3, 0.4) is 0 Å². The third-order valence-corrected chi connectivity index (χ3v) is 3.79. The van der Waals surface area contributed by atoms with Crippen LogP contribution in [0, 0.1) is 5.92 Å². The summed E-state index contributed by atoms with van der Waals surface area (Å²) in [6, 6.07) is 0. The lowest BCUT2D eigenvalue weighted by Gasteiger charge is -2.29. The topological polar surface area (TPSA) is 65.5 Å². The molecule has 17 heavy (non-hydrogen) atoms. The first-order valence-corrected chi connectivity index (χ1v) is 6.64. The van der Waals surface area contributed by atoms with E-state index in [0.717, 1.165) is 13.1 Å². The SMILES string of the molecule is CN1CCCC(CNc2nc(C(=O)O)cs2)C1. The maximum Gasteiger partial charge on any atom is 0.355 e. The number of hydrogen-bond acceptors (Lipinski definition) is 5. The first-order chi connectivity index (χ1) is 8.15. The molecule has 0 amide bonds. The molecule has 0 bridgehead atoms. The molecule has 6 heteroatoms. The molecule has 2 heterocycles. The summed E-state index contributed by atoms with van der Waals surface area (Å²) in [6.45, 7) is 3.15. The lowest BCUT2D eigenvalue weighted by Crippen LogP contribution is -2.35. The van der Waals surface area contributed by atoms with E-state index in [9.17, 15) is 4.79 Å². The van der Waals surface area contributed by atoms with Crippen molar-refractivity contribution in [2.24, 2.45) is 5.92 Å². The predicted molar refractivity (Wildman–Crippen MR) is 67.8 cm³/mol. The van der Waals surface area contributed by atoms with Crippen molar-refractivity contribution in [1.29, 1.82) is 0 Å². The number of hydrogen-bond donors (Lipinski definition) is 2. The van der Waals surface area contributed by atoms with Gasteiger partial charge in [-0.1, -0.05) is 0 Å². The molecule has 1 fully saturated rings. The molecule has 94 valence electrons. The molecule has 0 saturated carbocycles. The number of carboxylic acids is 1. The van der Waals surface area contributed by atoms with Gasteiger partial charge in [-0.05, 0) is 32.4 Å². The monoisotopic (exact) mass is 255 g/mol. The Morgan fingerprint density at radius 2 is 2.59 bits per heavy atom. The van der Waals surface area contributed by atoms with Gasteiger partial charge in [0, 0.05) is 18.5 Å². The molecular formula is C11H17N3O2S. The van der Waals surface area contributed by atoms with E-state index in [0.29, 0.717) is 11.0 Å². The Morgan fingerprint density at radius 1 is 1.76 bits per heavy atom. The highest BCUT2D eigenvalue weighted by Crippen LogP contribution is 2.19. The number of rotatable bonds is 4. The molecule has 1 unspecified atom stereocenters. The molecule has 0 radical (unpaired) electrons. The number of nitrogens with zero attached hydrogens (tertiary/aromatic N) is 2. The zero-order valence-electron chi connectivity index (χ0n) is 9.85. The zero-order valence-corrected chi connectivity index (χ0v) is 10.7. The van der Waals surface area contributed by atoms with E-state index in [1.54, 1.807) is 5.38 Å². The highest BCUT2D eigenvalue weighted by atomic mass is 32.1. The molecule has 2 rings (SSSR count). The Hall–Kier alpha value is -1.14. The summed E-state index contributed by atoms with van der Waals surface area (Å²) in [5.41, 5.74) is 0.123. The van der Waals surface area contributed by atoms with E-state index in [2.05, 4.69) is 22.2 Å². The molecule has 2 N–H and O–H groups in total. The maximum absolute atomic E-state index is 10.7. The van der Waals surface area contributed by atoms with E-state index in [1.807, 2.05) is 0 Å². The quantitative estimate of drug-likeness (QED) is 0.855. The molecule has 1 aromatic rings. The number of likely N-dealkylation sites (tertiary alicyclic amines) is 1. The van der Waals surface area contributed by atoms with Gasteiger partial charge in [-0.3, -0.25) is 0 Å². The van der Waals surface area contributed by atoms with Crippen LogP contribution >= 0.6 is 11.3 Å². The van der Waals surface area contributed by atoms with Crippen LogP contribution < -0.4 is 5.32 Å². The average Bonchev–Trinajstić information content (AvgIpc) is 2.75. The van der Waals surface area contributed by atoms with Crippen molar-refractivity contribution >= 4 is 22.4 Å². The van der Waals surface area contributed by atoms with Crippen molar-refractivity contribution in [3.8, 4) is 0 Å². The number of aromatic carboxylic acids is 1. The van der Waals surface area contributed by atoms with E-state index < -0.39 is 5.97 Å². The van der Waals surface area contributed by atoms with Gasteiger partial charge in [-0.2, -0.15) is 0 Å². The largest absolute Gasteiger partial charge is 0.476 e. The van der Waals surface area contributed by atoms with Gasteiger partial charge >= 0.3 is 5.97 Å². The number of thiazole rings is 1. The van der Waals surface area contributed by atoms with Crippen LogP contribution in [0.1, 0.15) is 23.3 Å². The van der Waals surface area contributed by atoms with Gasteiger partial charge in [0.25, 0.3) is 0 Å². The molecule has 1 atom stereocenters. The lowest BCUT2D eigenvalue weighted by molar-refractivity contribution is 0.0691. The van der Waals surface area contributed by atoms with Gasteiger partial charge in [0.15, 0.2) is 10.8 Å². The van der Waals surface area contributed by atoms with Crippen molar-refractivity contribution in [2.45, 2.75) is 12.8 Å². The van der Waals surface area contributed by atoms with Gasteiger partial charge in [0.2, 0.25) is 0 Å². The third-order valence-electron chi connectivity index (χ3n) is 2.99. The average molecular weight is 255 g/mol. The van der Waals surface area contributed by atoms with E-state index >= 15 is 0 Å². The Balaban J connectivity index is 1.82. The van der Waals surface area contributed by atoms with Crippen LogP contribution in [0.15, 0.2) is 5.38 Å². The Morgan fingerprint density at radius 3 is 3.24 bits per heavy atom. The highest BCUT2D eigenvalue weighted by molar-refractivity contribution is 7.13. The predicted octanol–water partition coefficient (Wildman–Crippen LogP) is 1.59. The summed E-state index contributed by atoms with van der Waals surface area (Å²) in [7, 11) is 2.14. The molecule has 1 aromatic heterocycles. The van der Waals surface area contributed by atoms with Gasteiger partial charge < -0.3 is 15.3 Å². The second-order valence-electron chi connectivity index (χ2n) is 4.49. The Kier molecular flexibility index (Phi) is 3.96. The number of nitrogens with one attached hydrogen (secondary N) is 1. The fourth-order valence-electron chi connectivity index (χ4n) is 2.12. The van der Waals surface area contributed by atoms with E-state index in [-0.39, 0.29) is 5.69 Å². The number of anilines is 1. The standard InChI is InChI=1S/C11H17N3O2S/c1-14-4-2-3-8(6-14)5-12-11-13-9(7-17-11)10(15)16/h7-8H,2-6H2,1H3,(H,12,13)(H,15,16). The van der Waals surface area contributed by atoms with E-state index in [1.165, 1.54) is 30.7 Å². The van der Waals surface area contributed by atoms with Gasteiger partial charge in [-0.25, -0.2) is 9.78 Å². The van der Waals surface area contributed by atoms with Crippen LogP contribution in [0.2, 0.25) is 0 Å². The fourth-order valence-corrected chi connectivity index (χ4v) is 2.82. The summed E-state index contributed by atoms with van der Waals surface area (Å²) in [6.07, 6.45) is 2.47. The van der Waals surface area contributed by atoms with Crippen molar-refractivity contribution in [1.82, 2.24) is 9.88 Å². The lowest BCUT2D eigenvalue weighted by atomic mass is 9.99. The molecule has 0 spiro atoms. The second kappa shape index (κ2) is 5.46. The maximum atomic E-state index is 10.7. The van der Waals surface area contributed by atoms with Crippen LogP contribution in [-0.4, -0.2) is 47.6 Å². The van der Waals surface area contributed by atoms with Gasteiger partial charge in [0.1, 0.15) is 0 Å². The van der Waals surface area contributed by atoms with Crippen LogP contribution in [0.4, 0.5) is 5.13 Å². The summed E-state index contributed by atoms with van der Waals surface area (Å²) in [5, 5.41) is 14.3. The van der Waals surface area contributed by atoms with Crippen LogP contribution in [0.5, 0.6) is 0 Å². The first kappa shape index (κ1) is 12.3. The number of carbonyl (C=O) groups is 1. The van der Waals surface area contributed by atoms with Crippen molar-refractivity contribution in [3.05, 3.63) is 11.1 Å². The number of aromatic nitrogens is 1. The fraction of sp³-hybridized carbons (Fsp3) is 0.636. The second-order valence-corrected chi connectivity index (χ2v) is 5.35. The first-order valence-electron chi connectivity index (χ1n) is 5.76. The molecule has 0 aromatic carbocycles. The van der Waals surface area contributed by atoms with Crippen LogP contribution in [0.25, 0.3) is 0 Å². The molecule has 1 saturated heterocycles. The normalized spacial score (nSPS) is 21.4. The van der Waals surface area contributed by atoms with Gasteiger partial charge in [-0.15, -0.1) is 11.3 Å². The minimum atomic E-state index is -0.966. The van der Waals surface area contributed by atoms with Gasteiger partial charge in [0.05, 0.1) is 0 Å². The Bertz CT molecular complexity index is 394. The van der Waals surface area contributed by atoms with Crippen molar-refractivity contribution in [3.63, 3.8) is 0 Å². The van der Waals surface area contributed by atoms with E-state index in [4.69, 9.17) is 5.11 Å². The number of carboxylic acid groups (broad SMARTS) is 1. The smallest absolute Gasteiger partial charge is 0.355 e. The van der Waals surface area contributed by atoms with Crippen LogP contribution in [-0.2, 0) is 0 Å². The molecular weight excluding hydrogens is 238 g/mol. The minimum absolute atomic E-state index is 0.123. The minimum Gasteiger partial charge on any atom is -0.476 e. The Labute approximate surface area is 104 Å². The summed E-state index contributed by atoms with van der Waals surface area (Å²) < 4.78 is 0. The zero-order chi connectivity index (χ0) is 12.3. The highest BCUT2D eigenvalue weighted by Gasteiger charge is 2.17. The molecule has 1 aliphatic rings. The van der Waals surface area contributed by atoms with Crippen molar-refractivity contribution < 1.29 is 9.90 Å². The number of piperidine rings is 1. The summed E-state index contributed by atoms with van der Waals surface area (Å²) in [5.74, 6) is -0.336.